The third-order valence-electron chi connectivity index (χ3n) is 3.88. The molecule has 19 heavy (non-hydrogen) atoms. The van der Waals surface area contributed by atoms with Crippen LogP contribution in [0.4, 0.5) is 5.69 Å². The van der Waals surface area contributed by atoms with Gasteiger partial charge in [0, 0.05) is 45.0 Å². The number of nitrogens with zero attached hydrogens (tertiary/aromatic N) is 1. The molecule has 0 aromatic heterocycles. The summed E-state index contributed by atoms with van der Waals surface area (Å²) in [5, 5.41) is 6.98. The predicted octanol–water partition coefficient (Wildman–Crippen LogP) is 2.44. The highest BCUT2D eigenvalue weighted by molar-refractivity contribution is 5.53. The van der Waals surface area contributed by atoms with E-state index in [1.54, 1.807) is 0 Å². The minimum atomic E-state index is 0.592. The van der Waals surface area contributed by atoms with Crippen molar-refractivity contribution < 1.29 is 0 Å². The fourth-order valence-corrected chi connectivity index (χ4v) is 2.47. The van der Waals surface area contributed by atoms with Crippen molar-refractivity contribution in [2.45, 2.75) is 26.7 Å². The Bertz CT molecular complexity index is 395. The van der Waals surface area contributed by atoms with E-state index in [1.165, 1.54) is 29.9 Å². The molecule has 1 saturated heterocycles. The molecule has 1 fully saturated rings. The van der Waals surface area contributed by atoms with Crippen LogP contribution in [0.15, 0.2) is 18.2 Å². The van der Waals surface area contributed by atoms with Crippen LogP contribution in [0.3, 0.4) is 0 Å². The molecule has 1 aliphatic rings. The van der Waals surface area contributed by atoms with Crippen molar-refractivity contribution in [1.29, 1.82) is 0 Å². The Labute approximate surface area is 117 Å². The fraction of sp³-hybridized carbons (Fsp3) is 0.625. The number of anilines is 1. The van der Waals surface area contributed by atoms with Crippen LogP contribution < -0.4 is 10.6 Å². The number of benzene rings is 1. The van der Waals surface area contributed by atoms with Crippen LogP contribution in [0, 0.1) is 6.92 Å². The summed E-state index contributed by atoms with van der Waals surface area (Å²) in [6, 6.07) is 6.77. The molecule has 1 aliphatic heterocycles. The van der Waals surface area contributed by atoms with Crippen molar-refractivity contribution in [3.8, 4) is 0 Å². The van der Waals surface area contributed by atoms with Gasteiger partial charge in [0.05, 0.1) is 0 Å². The van der Waals surface area contributed by atoms with Gasteiger partial charge in [-0.3, -0.25) is 4.90 Å². The summed E-state index contributed by atoms with van der Waals surface area (Å²) >= 11 is 0. The molecule has 0 bridgehead atoms. The lowest BCUT2D eigenvalue weighted by Crippen LogP contribution is -2.45. The summed E-state index contributed by atoms with van der Waals surface area (Å²) in [7, 11) is 0. The molecule has 0 radical (unpaired) electrons. The first-order chi connectivity index (χ1) is 9.16. The first-order valence-electron chi connectivity index (χ1n) is 7.44. The Morgan fingerprint density at radius 3 is 2.68 bits per heavy atom. The summed E-state index contributed by atoms with van der Waals surface area (Å²) in [4.78, 5) is 2.52. The molecule has 1 aromatic carbocycles. The molecule has 0 saturated carbocycles. The first-order valence-corrected chi connectivity index (χ1v) is 7.44. The molecule has 3 nitrogen and oxygen atoms in total. The standard InChI is InChI=1S/C16H27N3/c1-13(2)15-5-4-14(3)16(12-15)18-8-11-19-9-6-17-7-10-19/h4-5,12-13,17-18H,6-11H2,1-3H3. The van der Waals surface area contributed by atoms with E-state index in [0.717, 1.165) is 26.2 Å². The largest absolute Gasteiger partial charge is 0.384 e. The van der Waals surface area contributed by atoms with Crippen molar-refractivity contribution in [3.63, 3.8) is 0 Å². The third kappa shape index (κ3) is 4.22. The van der Waals surface area contributed by atoms with Gasteiger partial charge in [-0.1, -0.05) is 26.0 Å². The first kappa shape index (κ1) is 14.4. The van der Waals surface area contributed by atoms with E-state index in [9.17, 15) is 0 Å². The SMILES string of the molecule is Cc1ccc(C(C)C)cc1NCCN1CCNCC1. The van der Waals surface area contributed by atoms with Crippen LogP contribution in [0.25, 0.3) is 0 Å². The molecule has 0 spiro atoms. The number of hydrogen-bond donors (Lipinski definition) is 2. The maximum absolute atomic E-state index is 3.59. The van der Waals surface area contributed by atoms with Crippen molar-refractivity contribution in [1.82, 2.24) is 10.2 Å². The van der Waals surface area contributed by atoms with E-state index in [-0.39, 0.29) is 0 Å². The Balaban J connectivity index is 1.86. The molecule has 1 heterocycles. The second kappa shape index (κ2) is 6.92. The van der Waals surface area contributed by atoms with Crippen LogP contribution in [0.2, 0.25) is 0 Å². The predicted molar refractivity (Wildman–Crippen MR) is 83.1 cm³/mol. The highest BCUT2D eigenvalue weighted by Crippen LogP contribution is 2.22. The molecule has 2 N–H and O–H groups in total. The Kier molecular flexibility index (Phi) is 5.23. The van der Waals surface area contributed by atoms with Gasteiger partial charge in [-0.25, -0.2) is 0 Å². The van der Waals surface area contributed by atoms with Crippen LogP contribution in [0.1, 0.15) is 30.9 Å². The van der Waals surface area contributed by atoms with Gasteiger partial charge in [-0.2, -0.15) is 0 Å². The third-order valence-corrected chi connectivity index (χ3v) is 3.88. The Hall–Kier alpha value is -1.06. The number of rotatable bonds is 5. The quantitative estimate of drug-likeness (QED) is 0.852. The zero-order valence-electron chi connectivity index (χ0n) is 12.5. The number of nitrogens with one attached hydrogen (secondary N) is 2. The zero-order valence-corrected chi connectivity index (χ0v) is 12.5. The van der Waals surface area contributed by atoms with Crippen molar-refractivity contribution >= 4 is 5.69 Å². The maximum Gasteiger partial charge on any atom is 0.0373 e. The summed E-state index contributed by atoms with van der Waals surface area (Å²) in [5.74, 6) is 0.592. The average molecular weight is 261 g/mol. The maximum atomic E-state index is 3.59. The van der Waals surface area contributed by atoms with E-state index in [2.05, 4.69) is 54.5 Å². The molecule has 3 heteroatoms. The van der Waals surface area contributed by atoms with Crippen molar-refractivity contribution in [2.75, 3.05) is 44.6 Å². The highest BCUT2D eigenvalue weighted by Gasteiger charge is 2.09. The van der Waals surface area contributed by atoms with Crippen molar-refractivity contribution in [3.05, 3.63) is 29.3 Å². The van der Waals surface area contributed by atoms with Crippen LogP contribution in [0.5, 0.6) is 0 Å². The summed E-state index contributed by atoms with van der Waals surface area (Å²) in [6.07, 6.45) is 0. The molecule has 0 aliphatic carbocycles. The Morgan fingerprint density at radius 2 is 2.00 bits per heavy atom. The van der Waals surface area contributed by atoms with Crippen molar-refractivity contribution in [2.24, 2.45) is 0 Å². The number of hydrogen-bond acceptors (Lipinski definition) is 3. The Morgan fingerprint density at radius 1 is 1.26 bits per heavy atom. The lowest BCUT2D eigenvalue weighted by molar-refractivity contribution is 0.249. The minimum Gasteiger partial charge on any atom is -0.384 e. The molecule has 2 rings (SSSR count). The van der Waals surface area contributed by atoms with Gasteiger partial charge in [0.15, 0.2) is 0 Å². The second-order valence-corrected chi connectivity index (χ2v) is 5.75. The molecular weight excluding hydrogens is 234 g/mol. The summed E-state index contributed by atoms with van der Waals surface area (Å²) in [5.41, 5.74) is 4.04. The minimum absolute atomic E-state index is 0.592. The van der Waals surface area contributed by atoms with E-state index >= 15 is 0 Å². The van der Waals surface area contributed by atoms with Gasteiger partial charge in [-0.15, -0.1) is 0 Å². The molecular formula is C16H27N3. The monoisotopic (exact) mass is 261 g/mol. The zero-order chi connectivity index (χ0) is 13.7. The molecule has 1 aromatic rings. The van der Waals surface area contributed by atoms with Crippen LogP contribution in [-0.2, 0) is 0 Å². The topological polar surface area (TPSA) is 27.3 Å². The van der Waals surface area contributed by atoms with E-state index in [4.69, 9.17) is 0 Å². The van der Waals surface area contributed by atoms with Crippen LogP contribution in [-0.4, -0.2) is 44.2 Å². The van der Waals surface area contributed by atoms with E-state index in [1.807, 2.05) is 0 Å². The highest BCUT2D eigenvalue weighted by atomic mass is 15.2. The van der Waals surface area contributed by atoms with Gasteiger partial charge in [0.2, 0.25) is 0 Å². The molecule has 0 amide bonds. The average Bonchev–Trinajstić information content (AvgIpc) is 2.42. The summed E-state index contributed by atoms with van der Waals surface area (Å²) in [6.45, 7) is 13.4. The van der Waals surface area contributed by atoms with E-state index in [0.29, 0.717) is 5.92 Å². The smallest absolute Gasteiger partial charge is 0.0373 e. The van der Waals surface area contributed by atoms with Crippen LogP contribution >= 0.6 is 0 Å². The lowest BCUT2D eigenvalue weighted by Gasteiger charge is -2.27. The van der Waals surface area contributed by atoms with E-state index < -0.39 is 0 Å². The normalized spacial score (nSPS) is 16.8. The van der Waals surface area contributed by atoms with Gasteiger partial charge < -0.3 is 10.6 Å². The number of piperazine rings is 1. The molecule has 106 valence electrons. The molecule has 0 unspecified atom stereocenters. The number of aryl methyl sites for hydroxylation is 1. The lowest BCUT2D eigenvalue weighted by atomic mass is 10.0. The van der Waals surface area contributed by atoms with Gasteiger partial charge in [0.1, 0.15) is 0 Å². The fourth-order valence-electron chi connectivity index (χ4n) is 2.47. The van der Waals surface area contributed by atoms with Gasteiger partial charge in [-0.05, 0) is 30.0 Å². The second-order valence-electron chi connectivity index (χ2n) is 5.75. The summed E-state index contributed by atoms with van der Waals surface area (Å²) < 4.78 is 0. The molecule has 0 atom stereocenters. The van der Waals surface area contributed by atoms with Gasteiger partial charge >= 0.3 is 0 Å². The van der Waals surface area contributed by atoms with Gasteiger partial charge in [0.25, 0.3) is 0 Å².